The molecule has 148 valence electrons. The maximum absolute atomic E-state index is 12.5. The van der Waals surface area contributed by atoms with Gasteiger partial charge in [-0.25, -0.2) is 0 Å². The smallest absolute Gasteiger partial charge is 0.355 e. The van der Waals surface area contributed by atoms with Crippen LogP contribution in [0.2, 0.25) is 0 Å². The molecule has 25 heavy (non-hydrogen) atoms. The molecule has 1 saturated heterocycles. The van der Waals surface area contributed by atoms with Gasteiger partial charge in [-0.1, -0.05) is 26.7 Å². The summed E-state index contributed by atoms with van der Waals surface area (Å²) >= 11 is 0. The SMILES string of the molecule is CCC(CC)C(CNC(=NC)NC1CCN(CC(F)(F)F)C1)N(C)C. The maximum atomic E-state index is 12.5. The average molecular weight is 365 g/mol. The van der Waals surface area contributed by atoms with Gasteiger partial charge in [0.25, 0.3) is 0 Å². The van der Waals surface area contributed by atoms with Gasteiger partial charge in [-0.05, 0) is 26.4 Å². The predicted molar refractivity (Wildman–Crippen MR) is 96.9 cm³/mol. The quantitative estimate of drug-likeness (QED) is 0.511. The van der Waals surface area contributed by atoms with E-state index in [1.165, 1.54) is 4.90 Å². The van der Waals surface area contributed by atoms with Crippen LogP contribution in [0.15, 0.2) is 4.99 Å². The fraction of sp³-hybridized carbons (Fsp3) is 0.941. The van der Waals surface area contributed by atoms with Crippen molar-refractivity contribution in [3.05, 3.63) is 0 Å². The summed E-state index contributed by atoms with van der Waals surface area (Å²) in [4.78, 5) is 7.89. The molecule has 2 unspecified atom stereocenters. The number of guanidine groups is 1. The van der Waals surface area contributed by atoms with Crippen molar-refractivity contribution in [3.63, 3.8) is 0 Å². The molecule has 1 rings (SSSR count). The molecule has 0 aromatic heterocycles. The number of nitrogens with one attached hydrogen (secondary N) is 2. The Bertz CT molecular complexity index is 408. The highest BCUT2D eigenvalue weighted by Gasteiger charge is 2.34. The molecule has 2 atom stereocenters. The fourth-order valence-corrected chi connectivity index (χ4v) is 3.54. The van der Waals surface area contributed by atoms with Crippen LogP contribution in [0.5, 0.6) is 0 Å². The Labute approximate surface area is 150 Å². The van der Waals surface area contributed by atoms with Crippen LogP contribution in [-0.4, -0.2) is 81.3 Å². The van der Waals surface area contributed by atoms with E-state index >= 15 is 0 Å². The summed E-state index contributed by atoms with van der Waals surface area (Å²) < 4.78 is 37.5. The number of nitrogens with zero attached hydrogens (tertiary/aromatic N) is 3. The minimum Gasteiger partial charge on any atom is -0.355 e. The van der Waals surface area contributed by atoms with Crippen LogP contribution >= 0.6 is 0 Å². The van der Waals surface area contributed by atoms with Gasteiger partial charge in [-0.3, -0.25) is 9.89 Å². The topological polar surface area (TPSA) is 42.9 Å². The van der Waals surface area contributed by atoms with E-state index in [0.717, 1.165) is 19.4 Å². The monoisotopic (exact) mass is 365 g/mol. The second-order valence-electron chi connectivity index (χ2n) is 7.04. The number of likely N-dealkylation sites (N-methyl/N-ethyl adjacent to an activating group) is 1. The summed E-state index contributed by atoms with van der Waals surface area (Å²) in [5.41, 5.74) is 0. The standard InChI is InChI=1S/C17H34F3N5/c1-6-13(7-2)15(24(4)5)10-22-16(21-3)23-14-8-9-25(11-14)12-17(18,19)20/h13-15H,6-12H2,1-5H3,(H2,21,22,23). The van der Waals surface area contributed by atoms with Crippen LogP contribution < -0.4 is 10.6 Å². The summed E-state index contributed by atoms with van der Waals surface area (Å²) in [6.45, 7) is 5.18. The van der Waals surface area contributed by atoms with E-state index in [0.29, 0.717) is 37.4 Å². The van der Waals surface area contributed by atoms with Crippen molar-refractivity contribution >= 4 is 5.96 Å². The lowest BCUT2D eigenvalue weighted by Gasteiger charge is -2.32. The first-order valence-corrected chi connectivity index (χ1v) is 9.12. The largest absolute Gasteiger partial charge is 0.401 e. The third-order valence-corrected chi connectivity index (χ3v) is 4.97. The highest BCUT2D eigenvalue weighted by atomic mass is 19.4. The van der Waals surface area contributed by atoms with E-state index in [2.05, 4.69) is 48.5 Å². The first-order valence-electron chi connectivity index (χ1n) is 9.12. The van der Waals surface area contributed by atoms with Crippen molar-refractivity contribution in [3.8, 4) is 0 Å². The molecule has 1 heterocycles. The van der Waals surface area contributed by atoms with Crippen LogP contribution in [0, 0.1) is 5.92 Å². The van der Waals surface area contributed by atoms with E-state index < -0.39 is 12.7 Å². The van der Waals surface area contributed by atoms with E-state index in [1.807, 2.05) is 0 Å². The van der Waals surface area contributed by atoms with E-state index in [1.54, 1.807) is 7.05 Å². The van der Waals surface area contributed by atoms with Crippen molar-refractivity contribution in [1.29, 1.82) is 0 Å². The van der Waals surface area contributed by atoms with Gasteiger partial charge < -0.3 is 15.5 Å². The molecular weight excluding hydrogens is 331 g/mol. The zero-order valence-electron chi connectivity index (χ0n) is 16.2. The summed E-state index contributed by atoms with van der Waals surface area (Å²) in [5, 5.41) is 6.61. The molecule has 8 heteroatoms. The van der Waals surface area contributed by atoms with E-state index in [4.69, 9.17) is 0 Å². The normalized spacial score (nSPS) is 21.2. The Balaban J connectivity index is 2.49. The molecular formula is C17H34F3N5. The molecule has 0 aliphatic carbocycles. The van der Waals surface area contributed by atoms with Gasteiger partial charge in [0.15, 0.2) is 5.96 Å². The zero-order valence-corrected chi connectivity index (χ0v) is 16.2. The van der Waals surface area contributed by atoms with Gasteiger partial charge in [0, 0.05) is 38.8 Å². The van der Waals surface area contributed by atoms with Gasteiger partial charge in [0.2, 0.25) is 0 Å². The highest BCUT2D eigenvalue weighted by molar-refractivity contribution is 5.80. The minimum absolute atomic E-state index is 0.000460. The first-order chi connectivity index (χ1) is 11.7. The predicted octanol–water partition coefficient (Wildman–Crippen LogP) is 2.15. The lowest BCUT2D eigenvalue weighted by atomic mass is 9.93. The number of halogens is 3. The highest BCUT2D eigenvalue weighted by Crippen LogP contribution is 2.20. The molecule has 1 aliphatic heterocycles. The van der Waals surface area contributed by atoms with Gasteiger partial charge in [0.05, 0.1) is 6.54 Å². The maximum Gasteiger partial charge on any atom is 0.401 e. The van der Waals surface area contributed by atoms with E-state index in [9.17, 15) is 13.2 Å². The Hall–Kier alpha value is -1.02. The van der Waals surface area contributed by atoms with Gasteiger partial charge in [-0.2, -0.15) is 13.2 Å². The molecule has 0 amide bonds. The van der Waals surface area contributed by atoms with Crippen LogP contribution in [-0.2, 0) is 0 Å². The molecule has 0 spiro atoms. The molecule has 1 fully saturated rings. The molecule has 0 radical (unpaired) electrons. The Morgan fingerprint density at radius 2 is 1.92 bits per heavy atom. The van der Waals surface area contributed by atoms with Crippen molar-refractivity contribution in [2.45, 2.75) is 51.4 Å². The van der Waals surface area contributed by atoms with Crippen LogP contribution in [0.4, 0.5) is 13.2 Å². The van der Waals surface area contributed by atoms with Gasteiger partial charge >= 0.3 is 6.18 Å². The molecule has 2 N–H and O–H groups in total. The lowest BCUT2D eigenvalue weighted by molar-refractivity contribution is -0.143. The first kappa shape index (κ1) is 22.0. The van der Waals surface area contributed by atoms with Gasteiger partial charge in [0.1, 0.15) is 0 Å². The van der Waals surface area contributed by atoms with Crippen molar-refractivity contribution in [1.82, 2.24) is 20.4 Å². The minimum atomic E-state index is -4.14. The molecule has 0 aromatic rings. The number of rotatable bonds is 8. The second-order valence-corrected chi connectivity index (χ2v) is 7.04. The Kier molecular flexibility index (Phi) is 8.99. The molecule has 0 bridgehead atoms. The molecule has 0 aromatic carbocycles. The number of hydrogen-bond acceptors (Lipinski definition) is 3. The lowest BCUT2D eigenvalue weighted by Crippen LogP contribution is -2.50. The van der Waals surface area contributed by atoms with Crippen molar-refractivity contribution < 1.29 is 13.2 Å². The zero-order chi connectivity index (χ0) is 19.0. The average Bonchev–Trinajstić information content (AvgIpc) is 2.94. The summed E-state index contributed by atoms with van der Waals surface area (Å²) in [7, 11) is 5.85. The molecule has 1 aliphatic rings. The van der Waals surface area contributed by atoms with Crippen LogP contribution in [0.25, 0.3) is 0 Å². The summed E-state index contributed by atoms with van der Waals surface area (Å²) in [6, 6.07) is 0.387. The number of hydrogen-bond donors (Lipinski definition) is 2. The van der Waals surface area contributed by atoms with Crippen molar-refractivity contribution in [2.24, 2.45) is 10.9 Å². The third-order valence-electron chi connectivity index (χ3n) is 4.97. The third kappa shape index (κ3) is 7.81. The summed E-state index contributed by atoms with van der Waals surface area (Å²) in [6.07, 6.45) is -1.21. The Morgan fingerprint density at radius 3 is 2.40 bits per heavy atom. The van der Waals surface area contributed by atoms with Crippen LogP contribution in [0.1, 0.15) is 33.1 Å². The Morgan fingerprint density at radius 1 is 1.28 bits per heavy atom. The summed E-state index contributed by atoms with van der Waals surface area (Å²) in [5.74, 6) is 1.26. The molecule has 5 nitrogen and oxygen atoms in total. The molecule has 0 saturated carbocycles. The number of alkyl halides is 3. The van der Waals surface area contributed by atoms with Gasteiger partial charge in [-0.15, -0.1) is 0 Å². The number of likely N-dealkylation sites (tertiary alicyclic amines) is 1. The van der Waals surface area contributed by atoms with E-state index in [-0.39, 0.29) is 6.04 Å². The fourth-order valence-electron chi connectivity index (χ4n) is 3.54. The van der Waals surface area contributed by atoms with Crippen molar-refractivity contribution in [2.75, 3.05) is 47.3 Å². The second kappa shape index (κ2) is 10.2. The van der Waals surface area contributed by atoms with Crippen LogP contribution in [0.3, 0.4) is 0 Å². The number of aliphatic imine (C=N–C) groups is 1.